The van der Waals surface area contributed by atoms with Gasteiger partial charge in [0.1, 0.15) is 0 Å². The van der Waals surface area contributed by atoms with Crippen LogP contribution in [0.1, 0.15) is 22.3 Å². The number of benzene rings is 1. The minimum Gasteiger partial charge on any atom is -0.338 e. The zero-order chi connectivity index (χ0) is 17.3. The van der Waals surface area contributed by atoms with Crippen molar-refractivity contribution in [3.63, 3.8) is 0 Å². The summed E-state index contributed by atoms with van der Waals surface area (Å²) in [5.74, 6) is -0.0492. The molecule has 8 heteroatoms. The van der Waals surface area contributed by atoms with Crippen molar-refractivity contribution < 1.29 is 13.2 Å². The molecule has 0 aliphatic carbocycles. The molecule has 1 atom stereocenters. The molecule has 0 N–H and O–H groups in total. The Balaban J connectivity index is 1.71. The normalized spacial score (nSPS) is 19.3. The van der Waals surface area contributed by atoms with Crippen molar-refractivity contribution in [2.75, 3.05) is 18.6 Å². The van der Waals surface area contributed by atoms with Crippen LogP contribution in [0.15, 0.2) is 36.7 Å². The van der Waals surface area contributed by atoms with E-state index in [0.29, 0.717) is 23.6 Å². The van der Waals surface area contributed by atoms with Crippen LogP contribution in [0.5, 0.6) is 0 Å². The van der Waals surface area contributed by atoms with E-state index in [2.05, 4.69) is 5.10 Å². The Labute approximate surface area is 145 Å². The van der Waals surface area contributed by atoms with Crippen LogP contribution in [0.4, 0.5) is 0 Å². The van der Waals surface area contributed by atoms with Crippen molar-refractivity contribution in [2.45, 2.75) is 19.0 Å². The largest absolute Gasteiger partial charge is 0.338 e. The van der Waals surface area contributed by atoms with Crippen LogP contribution in [0.25, 0.3) is 0 Å². The fraction of sp³-hybridized carbons (Fsp3) is 0.375. The SMILES string of the molecule is CN(C(=O)c1cnn(Cc2ccccc2Cl)c1)[C@@H]1CCS(=O)(=O)C1. The molecule has 128 valence electrons. The van der Waals surface area contributed by atoms with Crippen molar-refractivity contribution in [3.05, 3.63) is 52.8 Å². The van der Waals surface area contributed by atoms with Gasteiger partial charge in [-0.15, -0.1) is 0 Å². The van der Waals surface area contributed by atoms with Crippen LogP contribution in [0.2, 0.25) is 5.02 Å². The van der Waals surface area contributed by atoms with Crippen LogP contribution in [0, 0.1) is 0 Å². The molecule has 0 spiro atoms. The Morgan fingerprint density at radius 2 is 2.17 bits per heavy atom. The topological polar surface area (TPSA) is 72.3 Å². The maximum absolute atomic E-state index is 12.5. The van der Waals surface area contributed by atoms with Crippen molar-refractivity contribution in [2.24, 2.45) is 0 Å². The van der Waals surface area contributed by atoms with E-state index in [1.165, 1.54) is 11.1 Å². The lowest BCUT2D eigenvalue weighted by atomic mass is 10.2. The molecule has 2 aromatic rings. The third-order valence-electron chi connectivity index (χ3n) is 4.25. The number of hydrogen-bond acceptors (Lipinski definition) is 4. The van der Waals surface area contributed by atoms with Gasteiger partial charge in [0, 0.05) is 24.3 Å². The van der Waals surface area contributed by atoms with E-state index in [9.17, 15) is 13.2 Å². The van der Waals surface area contributed by atoms with Gasteiger partial charge >= 0.3 is 0 Å². The quantitative estimate of drug-likeness (QED) is 0.826. The van der Waals surface area contributed by atoms with Gasteiger partial charge in [-0.1, -0.05) is 29.8 Å². The lowest BCUT2D eigenvalue weighted by Gasteiger charge is -2.22. The predicted molar refractivity (Wildman–Crippen MR) is 91.9 cm³/mol. The average molecular weight is 368 g/mol. The van der Waals surface area contributed by atoms with Crippen LogP contribution >= 0.6 is 11.6 Å². The standard InChI is InChI=1S/C16H18ClN3O3S/c1-19(14-6-7-24(22,23)11-14)16(21)13-8-18-20(10-13)9-12-4-2-3-5-15(12)17/h2-5,8,10,14H,6-7,9,11H2,1H3/t14-/m1/s1. The Bertz CT molecular complexity index is 863. The maximum atomic E-state index is 12.5. The molecule has 0 bridgehead atoms. The molecule has 0 radical (unpaired) electrons. The molecule has 1 aliphatic heterocycles. The second kappa shape index (κ2) is 6.57. The molecule has 1 aromatic carbocycles. The number of nitrogens with zero attached hydrogens (tertiary/aromatic N) is 3. The molecule has 6 nitrogen and oxygen atoms in total. The van der Waals surface area contributed by atoms with Crippen LogP contribution in [0.3, 0.4) is 0 Å². The van der Waals surface area contributed by atoms with E-state index < -0.39 is 9.84 Å². The van der Waals surface area contributed by atoms with Crippen LogP contribution < -0.4 is 0 Å². The van der Waals surface area contributed by atoms with Crippen molar-refractivity contribution >= 4 is 27.3 Å². The summed E-state index contributed by atoms with van der Waals surface area (Å²) in [4.78, 5) is 14.0. The van der Waals surface area contributed by atoms with Gasteiger partial charge in [0.2, 0.25) is 0 Å². The molecule has 24 heavy (non-hydrogen) atoms. The van der Waals surface area contributed by atoms with Crippen molar-refractivity contribution in [1.29, 1.82) is 0 Å². The number of carbonyl (C=O) groups is 1. The monoisotopic (exact) mass is 367 g/mol. The highest BCUT2D eigenvalue weighted by Gasteiger charge is 2.33. The summed E-state index contributed by atoms with van der Waals surface area (Å²) >= 11 is 6.13. The summed E-state index contributed by atoms with van der Waals surface area (Å²) in [6.45, 7) is 0.467. The van der Waals surface area contributed by atoms with E-state index in [4.69, 9.17) is 11.6 Å². The number of halogens is 1. The molecule has 1 aromatic heterocycles. The van der Waals surface area contributed by atoms with Gasteiger partial charge in [-0.25, -0.2) is 8.42 Å². The van der Waals surface area contributed by atoms with Crippen LogP contribution in [-0.2, 0) is 16.4 Å². The summed E-state index contributed by atoms with van der Waals surface area (Å²) in [7, 11) is -1.39. The summed E-state index contributed by atoms with van der Waals surface area (Å²) in [6, 6.07) is 7.19. The number of amides is 1. The second-order valence-corrected chi connectivity index (χ2v) is 8.63. The zero-order valence-corrected chi connectivity index (χ0v) is 14.8. The summed E-state index contributed by atoms with van der Waals surface area (Å²) in [6.07, 6.45) is 3.64. The number of aromatic nitrogens is 2. The summed E-state index contributed by atoms with van der Waals surface area (Å²) in [5, 5.41) is 4.85. The molecule has 0 saturated carbocycles. The minimum absolute atomic E-state index is 0.0308. The van der Waals surface area contributed by atoms with Gasteiger partial charge in [-0.3, -0.25) is 9.48 Å². The number of sulfone groups is 1. The Hall–Kier alpha value is -1.86. The van der Waals surface area contributed by atoms with Gasteiger partial charge in [0.05, 0.1) is 29.8 Å². The van der Waals surface area contributed by atoms with Gasteiger partial charge in [0.25, 0.3) is 5.91 Å². The lowest BCUT2D eigenvalue weighted by molar-refractivity contribution is 0.0747. The number of rotatable bonds is 4. The highest BCUT2D eigenvalue weighted by Crippen LogP contribution is 2.19. The molecule has 0 unspecified atom stereocenters. The predicted octanol–water partition coefficient (Wildman–Crippen LogP) is 1.84. The Kier molecular flexibility index (Phi) is 4.64. The first-order valence-electron chi connectivity index (χ1n) is 7.59. The van der Waals surface area contributed by atoms with E-state index in [-0.39, 0.29) is 23.5 Å². The fourth-order valence-corrected chi connectivity index (χ4v) is 4.78. The maximum Gasteiger partial charge on any atom is 0.257 e. The van der Waals surface area contributed by atoms with Crippen LogP contribution in [-0.4, -0.2) is 53.6 Å². The average Bonchev–Trinajstić information content (AvgIpc) is 3.14. The second-order valence-electron chi connectivity index (χ2n) is 5.99. The molecule has 3 rings (SSSR count). The van der Waals surface area contributed by atoms with E-state index in [0.717, 1.165) is 5.56 Å². The first-order valence-corrected chi connectivity index (χ1v) is 9.79. The minimum atomic E-state index is -3.03. The highest BCUT2D eigenvalue weighted by molar-refractivity contribution is 7.91. The zero-order valence-electron chi connectivity index (χ0n) is 13.2. The third-order valence-corrected chi connectivity index (χ3v) is 6.37. The van der Waals surface area contributed by atoms with Gasteiger partial charge in [-0.05, 0) is 18.1 Å². The molecule has 1 fully saturated rings. The van der Waals surface area contributed by atoms with E-state index >= 15 is 0 Å². The Morgan fingerprint density at radius 1 is 1.42 bits per heavy atom. The van der Waals surface area contributed by atoms with E-state index in [1.807, 2.05) is 18.2 Å². The summed E-state index contributed by atoms with van der Waals surface area (Å²) < 4.78 is 24.8. The molecule has 1 saturated heterocycles. The molecular weight excluding hydrogens is 350 g/mol. The van der Waals surface area contributed by atoms with Gasteiger partial charge < -0.3 is 4.90 Å². The first-order chi connectivity index (χ1) is 11.4. The number of carbonyl (C=O) groups excluding carboxylic acids is 1. The highest BCUT2D eigenvalue weighted by atomic mass is 35.5. The van der Waals surface area contributed by atoms with E-state index in [1.54, 1.807) is 24.0 Å². The molecule has 2 heterocycles. The molecular formula is C16H18ClN3O3S. The van der Waals surface area contributed by atoms with Crippen molar-refractivity contribution in [1.82, 2.24) is 14.7 Å². The first kappa shape index (κ1) is 17.0. The summed E-state index contributed by atoms with van der Waals surface area (Å²) in [5.41, 5.74) is 1.35. The Morgan fingerprint density at radius 3 is 2.83 bits per heavy atom. The fourth-order valence-electron chi connectivity index (χ4n) is 2.81. The molecule has 1 amide bonds. The lowest BCUT2D eigenvalue weighted by Crippen LogP contribution is -2.37. The molecule has 1 aliphatic rings. The van der Waals surface area contributed by atoms with Gasteiger partial charge in [0.15, 0.2) is 9.84 Å². The van der Waals surface area contributed by atoms with Crippen molar-refractivity contribution in [3.8, 4) is 0 Å². The third kappa shape index (κ3) is 3.62. The number of hydrogen-bond donors (Lipinski definition) is 0. The smallest absolute Gasteiger partial charge is 0.257 e. The van der Waals surface area contributed by atoms with Gasteiger partial charge in [-0.2, -0.15) is 5.10 Å².